The van der Waals surface area contributed by atoms with Crippen molar-refractivity contribution in [2.45, 2.75) is 32.8 Å². The number of urea groups is 1. The van der Waals surface area contributed by atoms with E-state index in [1.807, 2.05) is 18.2 Å². The lowest BCUT2D eigenvalue weighted by Crippen LogP contribution is -2.47. The molecule has 0 atom stereocenters. The number of likely N-dealkylation sites (tertiary alicyclic amines) is 1. The van der Waals surface area contributed by atoms with Gasteiger partial charge in [0.1, 0.15) is 18.4 Å². The average molecular weight is 345 g/mol. The normalized spacial score (nSPS) is 18.5. The molecule has 134 valence electrons. The lowest BCUT2D eigenvalue weighted by molar-refractivity contribution is -0.137. The van der Waals surface area contributed by atoms with Crippen molar-refractivity contribution in [1.82, 2.24) is 15.1 Å². The molecule has 0 aromatic heterocycles. The van der Waals surface area contributed by atoms with Gasteiger partial charge in [0.05, 0.1) is 6.54 Å². The van der Waals surface area contributed by atoms with E-state index < -0.39 is 6.03 Å². The Morgan fingerprint density at radius 2 is 1.92 bits per heavy atom. The number of aryl methyl sites for hydroxylation is 2. The van der Waals surface area contributed by atoms with E-state index in [1.165, 1.54) is 11.1 Å². The third-order valence-corrected chi connectivity index (χ3v) is 4.81. The standard InChI is InChI=1S/C18H23N3O4/c1-12-3-4-15(9-13(12)2)25-14-5-7-20(8-6-14)17(23)11-21-16(22)10-19-18(21)24/h3-4,9,14H,5-8,10-11H2,1-2H3,(H,19,24). The van der Waals surface area contributed by atoms with E-state index in [9.17, 15) is 14.4 Å². The van der Waals surface area contributed by atoms with Crippen LogP contribution in [0.15, 0.2) is 18.2 Å². The SMILES string of the molecule is Cc1ccc(OC2CCN(C(=O)CN3C(=O)CNC3=O)CC2)cc1C. The molecule has 0 unspecified atom stereocenters. The van der Waals surface area contributed by atoms with Crippen LogP contribution in [0.1, 0.15) is 24.0 Å². The van der Waals surface area contributed by atoms with Crippen LogP contribution in [0.2, 0.25) is 0 Å². The second-order valence-corrected chi connectivity index (χ2v) is 6.58. The summed E-state index contributed by atoms with van der Waals surface area (Å²) in [5, 5.41) is 2.42. The highest BCUT2D eigenvalue weighted by Crippen LogP contribution is 2.22. The summed E-state index contributed by atoms with van der Waals surface area (Å²) in [5.41, 5.74) is 2.42. The number of piperidine rings is 1. The van der Waals surface area contributed by atoms with Crippen LogP contribution >= 0.6 is 0 Å². The Kier molecular flexibility index (Phi) is 4.92. The maximum atomic E-state index is 12.3. The molecule has 0 aliphatic carbocycles. The Hall–Kier alpha value is -2.57. The number of hydrogen-bond acceptors (Lipinski definition) is 4. The molecule has 7 nitrogen and oxygen atoms in total. The number of imide groups is 1. The molecule has 1 aromatic rings. The molecule has 2 aliphatic heterocycles. The largest absolute Gasteiger partial charge is 0.490 e. The zero-order valence-corrected chi connectivity index (χ0v) is 14.6. The Balaban J connectivity index is 1.49. The van der Waals surface area contributed by atoms with Crippen molar-refractivity contribution < 1.29 is 19.1 Å². The number of nitrogens with one attached hydrogen (secondary N) is 1. The van der Waals surface area contributed by atoms with Crippen LogP contribution in [0.25, 0.3) is 0 Å². The van der Waals surface area contributed by atoms with Crippen molar-refractivity contribution in [3.8, 4) is 5.75 Å². The highest BCUT2D eigenvalue weighted by molar-refractivity contribution is 6.04. The first-order valence-corrected chi connectivity index (χ1v) is 8.54. The Morgan fingerprint density at radius 1 is 1.20 bits per heavy atom. The van der Waals surface area contributed by atoms with Gasteiger partial charge in [-0.05, 0) is 37.1 Å². The van der Waals surface area contributed by atoms with Crippen molar-refractivity contribution in [2.75, 3.05) is 26.2 Å². The van der Waals surface area contributed by atoms with Gasteiger partial charge >= 0.3 is 6.03 Å². The van der Waals surface area contributed by atoms with Crippen LogP contribution in [-0.2, 0) is 9.59 Å². The summed E-state index contributed by atoms with van der Waals surface area (Å²) >= 11 is 0. The topological polar surface area (TPSA) is 79.0 Å². The maximum Gasteiger partial charge on any atom is 0.325 e. The highest BCUT2D eigenvalue weighted by Gasteiger charge is 2.32. The fourth-order valence-corrected chi connectivity index (χ4v) is 3.05. The number of carbonyl (C=O) groups excluding carboxylic acids is 3. The summed E-state index contributed by atoms with van der Waals surface area (Å²) in [7, 11) is 0. The fraction of sp³-hybridized carbons (Fsp3) is 0.500. The van der Waals surface area contributed by atoms with E-state index in [0.717, 1.165) is 23.5 Å². The minimum atomic E-state index is -0.494. The van der Waals surface area contributed by atoms with E-state index in [0.29, 0.717) is 13.1 Å². The van der Waals surface area contributed by atoms with Gasteiger partial charge in [-0.25, -0.2) is 4.79 Å². The molecule has 7 heteroatoms. The van der Waals surface area contributed by atoms with Crippen LogP contribution in [0, 0.1) is 13.8 Å². The minimum Gasteiger partial charge on any atom is -0.490 e. The molecule has 2 saturated heterocycles. The molecule has 0 radical (unpaired) electrons. The Labute approximate surface area is 146 Å². The lowest BCUT2D eigenvalue weighted by atomic mass is 10.1. The van der Waals surface area contributed by atoms with Crippen LogP contribution in [0.4, 0.5) is 4.79 Å². The third-order valence-electron chi connectivity index (χ3n) is 4.81. The van der Waals surface area contributed by atoms with Gasteiger partial charge in [0.15, 0.2) is 0 Å². The van der Waals surface area contributed by atoms with Crippen molar-refractivity contribution in [3.05, 3.63) is 29.3 Å². The van der Waals surface area contributed by atoms with Gasteiger partial charge in [-0.3, -0.25) is 14.5 Å². The summed E-state index contributed by atoms with van der Waals surface area (Å²) in [6, 6.07) is 5.55. The molecule has 0 saturated carbocycles. The molecule has 1 aromatic carbocycles. The quantitative estimate of drug-likeness (QED) is 0.833. The number of nitrogens with zero attached hydrogens (tertiary/aromatic N) is 2. The number of amides is 4. The molecule has 4 amide bonds. The minimum absolute atomic E-state index is 0.0298. The summed E-state index contributed by atoms with van der Waals surface area (Å²) < 4.78 is 6.02. The number of carbonyl (C=O) groups is 3. The van der Waals surface area contributed by atoms with E-state index in [4.69, 9.17) is 4.74 Å². The molecule has 0 spiro atoms. The zero-order valence-electron chi connectivity index (χ0n) is 14.6. The van der Waals surface area contributed by atoms with Gasteiger partial charge < -0.3 is 15.0 Å². The molecule has 0 bridgehead atoms. The number of hydrogen-bond donors (Lipinski definition) is 1. The van der Waals surface area contributed by atoms with E-state index >= 15 is 0 Å². The second-order valence-electron chi connectivity index (χ2n) is 6.58. The summed E-state index contributed by atoms with van der Waals surface area (Å²) in [6.45, 7) is 5.04. The Morgan fingerprint density at radius 3 is 2.52 bits per heavy atom. The van der Waals surface area contributed by atoms with Crippen molar-refractivity contribution in [2.24, 2.45) is 0 Å². The fourth-order valence-electron chi connectivity index (χ4n) is 3.05. The highest BCUT2D eigenvalue weighted by atomic mass is 16.5. The van der Waals surface area contributed by atoms with Gasteiger partial charge in [-0.1, -0.05) is 6.07 Å². The maximum absolute atomic E-state index is 12.3. The van der Waals surface area contributed by atoms with Crippen molar-refractivity contribution in [3.63, 3.8) is 0 Å². The van der Waals surface area contributed by atoms with Gasteiger partial charge in [-0.2, -0.15) is 0 Å². The monoisotopic (exact) mass is 345 g/mol. The third kappa shape index (κ3) is 3.92. The summed E-state index contributed by atoms with van der Waals surface area (Å²) in [5.74, 6) is 0.300. The number of benzene rings is 1. The summed E-state index contributed by atoms with van der Waals surface area (Å²) in [4.78, 5) is 38.0. The average Bonchev–Trinajstić information content (AvgIpc) is 2.91. The van der Waals surface area contributed by atoms with Gasteiger partial charge in [0, 0.05) is 25.9 Å². The second kappa shape index (κ2) is 7.13. The summed E-state index contributed by atoms with van der Waals surface area (Å²) in [6.07, 6.45) is 1.54. The van der Waals surface area contributed by atoms with Crippen LogP contribution in [-0.4, -0.2) is 59.9 Å². The van der Waals surface area contributed by atoms with Crippen LogP contribution in [0.3, 0.4) is 0 Å². The molecule has 1 N–H and O–H groups in total. The van der Waals surface area contributed by atoms with Crippen LogP contribution in [0.5, 0.6) is 5.75 Å². The van der Waals surface area contributed by atoms with Crippen molar-refractivity contribution in [1.29, 1.82) is 0 Å². The molecule has 3 rings (SSSR count). The van der Waals surface area contributed by atoms with E-state index in [-0.39, 0.29) is 31.0 Å². The Bertz CT molecular complexity index is 680. The van der Waals surface area contributed by atoms with Gasteiger partial charge in [-0.15, -0.1) is 0 Å². The first-order chi connectivity index (χ1) is 11.9. The first-order valence-electron chi connectivity index (χ1n) is 8.54. The number of rotatable bonds is 4. The van der Waals surface area contributed by atoms with E-state index in [2.05, 4.69) is 19.2 Å². The van der Waals surface area contributed by atoms with Gasteiger partial charge in [0.25, 0.3) is 5.91 Å². The lowest BCUT2D eigenvalue weighted by Gasteiger charge is -2.33. The predicted molar refractivity (Wildman–Crippen MR) is 91.3 cm³/mol. The number of ether oxygens (including phenoxy) is 1. The molecule has 25 heavy (non-hydrogen) atoms. The van der Waals surface area contributed by atoms with Crippen molar-refractivity contribution >= 4 is 17.8 Å². The molecule has 2 heterocycles. The smallest absolute Gasteiger partial charge is 0.325 e. The molecule has 2 aliphatic rings. The predicted octanol–water partition coefficient (Wildman–Crippen LogP) is 1.23. The zero-order chi connectivity index (χ0) is 18.0. The molecular formula is C18H23N3O4. The molecule has 2 fully saturated rings. The first kappa shape index (κ1) is 17.3. The van der Waals surface area contributed by atoms with E-state index in [1.54, 1.807) is 4.90 Å². The van der Waals surface area contributed by atoms with Gasteiger partial charge in [0.2, 0.25) is 5.91 Å². The van der Waals surface area contributed by atoms with Crippen LogP contribution < -0.4 is 10.1 Å². The molecular weight excluding hydrogens is 322 g/mol.